The van der Waals surface area contributed by atoms with E-state index in [9.17, 15) is 19.2 Å². The summed E-state index contributed by atoms with van der Waals surface area (Å²) in [5, 5.41) is 5.62. The minimum atomic E-state index is -0.578. The second-order valence-corrected chi connectivity index (χ2v) is 7.01. The maximum atomic E-state index is 12.7. The number of ether oxygens (including phenoxy) is 1. The number of alkyl carbamates (subject to hydrolysis) is 1. The quantitative estimate of drug-likeness (QED) is 0.713. The van der Waals surface area contributed by atoms with Crippen LogP contribution in [0.5, 0.6) is 0 Å². The number of benzene rings is 1. The summed E-state index contributed by atoms with van der Waals surface area (Å²) >= 11 is 5.84. The van der Waals surface area contributed by atoms with Gasteiger partial charge in [-0.25, -0.2) is 4.79 Å². The van der Waals surface area contributed by atoms with Crippen molar-refractivity contribution in [1.82, 2.24) is 20.1 Å². The van der Waals surface area contributed by atoms with E-state index in [4.69, 9.17) is 16.3 Å². The molecule has 0 radical (unpaired) electrons. The van der Waals surface area contributed by atoms with Gasteiger partial charge in [0.25, 0.3) is 17.4 Å². The van der Waals surface area contributed by atoms with Gasteiger partial charge in [-0.1, -0.05) is 23.7 Å². The van der Waals surface area contributed by atoms with Gasteiger partial charge in [-0.3, -0.25) is 14.4 Å². The summed E-state index contributed by atoms with van der Waals surface area (Å²) in [5.74, 6) is -0.869. The van der Waals surface area contributed by atoms with Crippen LogP contribution in [-0.4, -0.2) is 54.1 Å². The number of nitrogens with zero attached hydrogens (tertiary/aromatic N) is 2. The lowest BCUT2D eigenvalue weighted by molar-refractivity contribution is 0.0640. The number of hydrogen-bond donors (Lipinski definition) is 2. The molecule has 0 unspecified atom stereocenters. The van der Waals surface area contributed by atoms with E-state index in [1.54, 1.807) is 24.3 Å². The van der Waals surface area contributed by atoms with E-state index in [2.05, 4.69) is 10.6 Å². The number of pyridine rings is 1. The molecular weight excluding hydrogens is 412 g/mol. The van der Waals surface area contributed by atoms with E-state index >= 15 is 0 Å². The Labute approximate surface area is 177 Å². The van der Waals surface area contributed by atoms with Crippen LogP contribution in [0.2, 0.25) is 5.02 Å². The molecule has 0 spiro atoms. The molecule has 10 heteroatoms. The fourth-order valence-electron chi connectivity index (χ4n) is 3.06. The van der Waals surface area contributed by atoms with Gasteiger partial charge in [-0.2, -0.15) is 0 Å². The van der Waals surface area contributed by atoms with Crippen molar-refractivity contribution in [2.24, 2.45) is 0 Å². The SMILES string of the molecule is CNC(=O)OCCN1CCn2c(ccc(C(=O)NCc3ccc(Cl)cc3)c2=O)C1=O. The van der Waals surface area contributed by atoms with Crippen molar-refractivity contribution in [3.63, 3.8) is 0 Å². The summed E-state index contributed by atoms with van der Waals surface area (Å²) in [6.07, 6.45) is -0.578. The maximum Gasteiger partial charge on any atom is 0.406 e. The number of nitrogens with one attached hydrogen (secondary N) is 2. The van der Waals surface area contributed by atoms with Crippen LogP contribution in [-0.2, 0) is 17.8 Å². The molecule has 1 aromatic carbocycles. The average Bonchev–Trinajstić information content (AvgIpc) is 2.75. The van der Waals surface area contributed by atoms with Crippen LogP contribution in [0.1, 0.15) is 26.4 Å². The van der Waals surface area contributed by atoms with Crippen molar-refractivity contribution in [1.29, 1.82) is 0 Å². The van der Waals surface area contributed by atoms with E-state index in [-0.39, 0.29) is 50.0 Å². The van der Waals surface area contributed by atoms with Crippen LogP contribution in [0.25, 0.3) is 0 Å². The van der Waals surface area contributed by atoms with Crippen LogP contribution in [0, 0.1) is 0 Å². The summed E-state index contributed by atoms with van der Waals surface area (Å²) in [5.41, 5.74) is 0.490. The van der Waals surface area contributed by atoms with Gasteiger partial charge in [0.15, 0.2) is 0 Å². The first kappa shape index (κ1) is 21.4. The zero-order chi connectivity index (χ0) is 21.7. The topological polar surface area (TPSA) is 110 Å². The maximum absolute atomic E-state index is 12.7. The summed E-state index contributed by atoms with van der Waals surface area (Å²) < 4.78 is 6.20. The fraction of sp³-hybridized carbons (Fsp3) is 0.300. The lowest BCUT2D eigenvalue weighted by Gasteiger charge is -2.29. The molecule has 3 amide bonds. The molecular formula is C20H21ClN4O5. The minimum absolute atomic E-state index is 0.0306. The molecule has 0 atom stereocenters. The van der Waals surface area contributed by atoms with Gasteiger partial charge in [-0.15, -0.1) is 0 Å². The Hall–Kier alpha value is -3.33. The highest BCUT2D eigenvalue weighted by Gasteiger charge is 2.27. The lowest BCUT2D eigenvalue weighted by atomic mass is 10.1. The first-order chi connectivity index (χ1) is 14.4. The third-order valence-electron chi connectivity index (χ3n) is 4.68. The Morgan fingerprint density at radius 1 is 1.10 bits per heavy atom. The highest BCUT2D eigenvalue weighted by atomic mass is 35.5. The van der Waals surface area contributed by atoms with Gasteiger partial charge in [0, 0.05) is 31.7 Å². The normalized spacial score (nSPS) is 12.9. The van der Waals surface area contributed by atoms with Crippen LogP contribution >= 0.6 is 11.6 Å². The number of aromatic nitrogens is 1. The first-order valence-corrected chi connectivity index (χ1v) is 9.68. The van der Waals surface area contributed by atoms with Gasteiger partial charge >= 0.3 is 6.09 Å². The Bertz CT molecular complexity index is 1020. The molecule has 2 aromatic rings. The van der Waals surface area contributed by atoms with Gasteiger partial charge in [0.1, 0.15) is 17.9 Å². The first-order valence-electron chi connectivity index (χ1n) is 9.31. The zero-order valence-electron chi connectivity index (χ0n) is 16.3. The highest BCUT2D eigenvalue weighted by molar-refractivity contribution is 6.30. The zero-order valence-corrected chi connectivity index (χ0v) is 17.1. The molecule has 1 aliphatic rings. The van der Waals surface area contributed by atoms with Crippen LogP contribution in [0.3, 0.4) is 0 Å². The number of amides is 3. The number of carbonyl (C=O) groups is 3. The minimum Gasteiger partial charge on any atom is -0.448 e. The number of fused-ring (bicyclic) bond motifs is 1. The van der Waals surface area contributed by atoms with Crippen molar-refractivity contribution in [3.8, 4) is 0 Å². The molecule has 0 bridgehead atoms. The standard InChI is InChI=1S/C20H21ClN4O5/c1-22-20(29)30-11-10-24-8-9-25-16(19(24)28)7-6-15(18(25)27)17(26)23-12-13-2-4-14(21)5-3-13/h2-7H,8-12H2,1H3,(H,22,29)(H,23,26). The number of halogens is 1. The molecule has 0 saturated heterocycles. The van der Waals surface area contributed by atoms with Crippen molar-refractivity contribution in [2.45, 2.75) is 13.1 Å². The molecule has 2 heterocycles. The predicted molar refractivity (Wildman–Crippen MR) is 110 cm³/mol. The summed E-state index contributed by atoms with van der Waals surface area (Å²) in [6.45, 7) is 1.02. The Balaban J connectivity index is 1.67. The number of hydrogen-bond acceptors (Lipinski definition) is 5. The van der Waals surface area contributed by atoms with Crippen LogP contribution < -0.4 is 16.2 Å². The molecule has 30 heavy (non-hydrogen) atoms. The third kappa shape index (κ3) is 4.80. The van der Waals surface area contributed by atoms with Gasteiger partial charge in [0.2, 0.25) is 0 Å². The van der Waals surface area contributed by atoms with Crippen molar-refractivity contribution >= 4 is 29.5 Å². The summed E-state index contributed by atoms with van der Waals surface area (Å²) in [6, 6.07) is 9.81. The van der Waals surface area contributed by atoms with Gasteiger partial charge in [-0.05, 0) is 29.8 Å². The molecule has 9 nitrogen and oxygen atoms in total. The van der Waals surface area contributed by atoms with E-state index in [1.807, 2.05) is 0 Å². The van der Waals surface area contributed by atoms with E-state index in [0.29, 0.717) is 5.02 Å². The predicted octanol–water partition coefficient (Wildman–Crippen LogP) is 1.24. The van der Waals surface area contributed by atoms with Gasteiger partial charge in [0.05, 0.1) is 6.54 Å². The molecule has 0 aliphatic carbocycles. The molecule has 158 valence electrons. The van der Waals surface area contributed by atoms with Gasteiger partial charge < -0.3 is 24.8 Å². The van der Waals surface area contributed by atoms with Crippen molar-refractivity contribution in [2.75, 3.05) is 26.7 Å². The highest BCUT2D eigenvalue weighted by Crippen LogP contribution is 2.12. The smallest absolute Gasteiger partial charge is 0.406 e. The van der Waals surface area contributed by atoms with Crippen molar-refractivity contribution in [3.05, 3.63) is 68.6 Å². The Kier molecular flexibility index (Phi) is 6.73. The van der Waals surface area contributed by atoms with E-state index in [0.717, 1.165) is 5.56 Å². The molecule has 1 aliphatic heterocycles. The molecule has 1 aromatic heterocycles. The average molecular weight is 433 g/mol. The Morgan fingerprint density at radius 2 is 1.83 bits per heavy atom. The largest absolute Gasteiger partial charge is 0.448 e. The second-order valence-electron chi connectivity index (χ2n) is 6.58. The summed E-state index contributed by atoms with van der Waals surface area (Å²) in [4.78, 5) is 50.5. The second kappa shape index (κ2) is 9.45. The van der Waals surface area contributed by atoms with Crippen LogP contribution in [0.4, 0.5) is 4.79 Å². The van der Waals surface area contributed by atoms with E-state index in [1.165, 1.54) is 28.6 Å². The molecule has 0 fully saturated rings. The summed E-state index contributed by atoms with van der Waals surface area (Å²) in [7, 11) is 1.44. The fourth-order valence-corrected chi connectivity index (χ4v) is 3.18. The Morgan fingerprint density at radius 3 is 2.53 bits per heavy atom. The molecule has 0 saturated carbocycles. The molecule has 3 rings (SSSR count). The van der Waals surface area contributed by atoms with E-state index < -0.39 is 17.6 Å². The van der Waals surface area contributed by atoms with Crippen LogP contribution in [0.15, 0.2) is 41.2 Å². The number of carbonyl (C=O) groups excluding carboxylic acids is 3. The lowest BCUT2D eigenvalue weighted by Crippen LogP contribution is -2.47. The third-order valence-corrected chi connectivity index (χ3v) is 4.94. The monoisotopic (exact) mass is 432 g/mol. The van der Waals surface area contributed by atoms with Crippen molar-refractivity contribution < 1.29 is 19.1 Å². The number of rotatable bonds is 6. The molecule has 2 N–H and O–H groups in total.